The van der Waals surface area contributed by atoms with Gasteiger partial charge >= 0.3 is 6.03 Å². The van der Waals surface area contributed by atoms with Gasteiger partial charge in [0.15, 0.2) is 0 Å². The number of nitrogens with zero attached hydrogens (tertiary/aromatic N) is 2. The largest absolute Gasteiger partial charge is 0.469 e. The van der Waals surface area contributed by atoms with Crippen LogP contribution in [-0.2, 0) is 6.42 Å². The fourth-order valence-electron chi connectivity index (χ4n) is 3.05. The Morgan fingerprint density at radius 1 is 1.20 bits per heavy atom. The summed E-state index contributed by atoms with van der Waals surface area (Å²) in [4.78, 5) is 16.2. The number of rotatable bonds is 5. The molecular weight excluding hydrogens is 321 g/mol. The third-order valence-corrected chi connectivity index (χ3v) is 4.53. The van der Waals surface area contributed by atoms with Crippen LogP contribution in [0.1, 0.15) is 19.1 Å². The predicted molar refractivity (Wildman–Crippen MR) is 95.2 cm³/mol. The zero-order valence-electron chi connectivity index (χ0n) is 14.5. The first-order valence-electron chi connectivity index (χ1n) is 8.71. The minimum atomic E-state index is -0.216. The number of hydrogen-bond acceptors (Lipinski definition) is 3. The second kappa shape index (κ2) is 8.05. The quantitative estimate of drug-likeness (QED) is 0.905. The summed E-state index contributed by atoms with van der Waals surface area (Å²) in [5.41, 5.74) is 0.606. The first kappa shape index (κ1) is 17.3. The molecule has 2 heterocycles. The number of amides is 2. The highest BCUT2D eigenvalue weighted by Gasteiger charge is 2.23. The van der Waals surface area contributed by atoms with Crippen molar-refractivity contribution in [1.29, 1.82) is 0 Å². The van der Waals surface area contributed by atoms with Crippen LogP contribution in [0.5, 0.6) is 0 Å². The Morgan fingerprint density at radius 3 is 2.64 bits per heavy atom. The van der Waals surface area contributed by atoms with E-state index in [-0.39, 0.29) is 17.9 Å². The number of piperazine rings is 1. The van der Waals surface area contributed by atoms with Gasteiger partial charge in [-0.15, -0.1) is 0 Å². The maximum atomic E-state index is 13.9. The standard InChI is InChI=1S/C19H24FN3O2/c1-15(8-9-16-5-4-14-25-16)21-19(24)23-12-10-22(11-13-23)18-7-3-2-6-17(18)20/h2-7,14-15H,8-13H2,1H3,(H,21,24)/t15-/m0/s1. The molecule has 0 spiro atoms. The summed E-state index contributed by atoms with van der Waals surface area (Å²) in [6.45, 7) is 4.44. The highest BCUT2D eigenvalue weighted by atomic mass is 19.1. The van der Waals surface area contributed by atoms with E-state index in [1.165, 1.54) is 6.07 Å². The van der Waals surface area contributed by atoms with Crippen molar-refractivity contribution in [1.82, 2.24) is 10.2 Å². The van der Waals surface area contributed by atoms with Gasteiger partial charge in [0.25, 0.3) is 0 Å². The summed E-state index contributed by atoms with van der Waals surface area (Å²) in [5, 5.41) is 3.03. The molecule has 1 atom stereocenters. The van der Waals surface area contributed by atoms with Gasteiger partial charge in [0.2, 0.25) is 0 Å². The van der Waals surface area contributed by atoms with E-state index in [0.29, 0.717) is 31.9 Å². The predicted octanol–water partition coefficient (Wildman–Crippen LogP) is 3.27. The van der Waals surface area contributed by atoms with Crippen molar-refractivity contribution in [3.8, 4) is 0 Å². The lowest BCUT2D eigenvalue weighted by atomic mass is 10.1. The van der Waals surface area contributed by atoms with Crippen LogP contribution in [0.15, 0.2) is 47.1 Å². The summed E-state index contributed by atoms with van der Waals surface area (Å²) in [5.74, 6) is 0.714. The molecule has 1 fully saturated rings. The van der Waals surface area contributed by atoms with Gasteiger partial charge in [0.1, 0.15) is 11.6 Å². The number of para-hydroxylation sites is 1. The maximum Gasteiger partial charge on any atom is 0.317 e. The topological polar surface area (TPSA) is 48.7 Å². The van der Waals surface area contributed by atoms with Crippen molar-refractivity contribution in [2.45, 2.75) is 25.8 Å². The van der Waals surface area contributed by atoms with Gasteiger partial charge in [-0.25, -0.2) is 9.18 Å². The Labute approximate surface area is 147 Å². The zero-order valence-corrected chi connectivity index (χ0v) is 14.5. The fourth-order valence-corrected chi connectivity index (χ4v) is 3.05. The van der Waals surface area contributed by atoms with Crippen LogP contribution in [0.4, 0.5) is 14.9 Å². The van der Waals surface area contributed by atoms with E-state index in [1.54, 1.807) is 23.3 Å². The molecule has 3 rings (SSSR count). The lowest BCUT2D eigenvalue weighted by molar-refractivity contribution is 0.190. The molecule has 1 saturated heterocycles. The van der Waals surface area contributed by atoms with Gasteiger partial charge in [-0.1, -0.05) is 12.1 Å². The number of hydrogen-bond donors (Lipinski definition) is 1. The molecule has 0 bridgehead atoms. The number of aryl methyl sites for hydroxylation is 1. The fraction of sp³-hybridized carbons (Fsp3) is 0.421. The molecule has 134 valence electrons. The number of urea groups is 1. The average Bonchev–Trinajstić information content (AvgIpc) is 3.14. The van der Waals surface area contributed by atoms with E-state index >= 15 is 0 Å². The Kier molecular flexibility index (Phi) is 5.58. The molecule has 0 aliphatic carbocycles. The van der Waals surface area contributed by atoms with Crippen LogP contribution in [0.2, 0.25) is 0 Å². The third kappa shape index (κ3) is 4.53. The van der Waals surface area contributed by atoms with Crippen LogP contribution in [0, 0.1) is 5.82 Å². The molecule has 0 saturated carbocycles. The third-order valence-electron chi connectivity index (χ3n) is 4.53. The van der Waals surface area contributed by atoms with Crippen molar-refractivity contribution in [2.75, 3.05) is 31.1 Å². The molecule has 1 aliphatic heterocycles. The van der Waals surface area contributed by atoms with Gasteiger partial charge in [-0.2, -0.15) is 0 Å². The van der Waals surface area contributed by atoms with Crippen LogP contribution in [0.3, 0.4) is 0 Å². The number of halogens is 1. The lowest BCUT2D eigenvalue weighted by Gasteiger charge is -2.36. The molecular formula is C19H24FN3O2. The minimum Gasteiger partial charge on any atom is -0.469 e. The number of carbonyl (C=O) groups is 1. The highest BCUT2D eigenvalue weighted by Crippen LogP contribution is 2.20. The van der Waals surface area contributed by atoms with Crippen LogP contribution in [-0.4, -0.2) is 43.2 Å². The Morgan fingerprint density at radius 2 is 1.96 bits per heavy atom. The number of furan rings is 1. The minimum absolute atomic E-state index is 0.0554. The SMILES string of the molecule is C[C@@H](CCc1ccco1)NC(=O)N1CCN(c2ccccc2F)CC1. The molecule has 0 radical (unpaired) electrons. The molecule has 0 unspecified atom stereocenters. The molecule has 2 amide bonds. The van der Waals surface area contributed by atoms with E-state index in [2.05, 4.69) is 5.32 Å². The molecule has 1 N–H and O–H groups in total. The molecule has 2 aromatic rings. The molecule has 1 aliphatic rings. The summed E-state index contributed by atoms with van der Waals surface area (Å²) >= 11 is 0. The summed E-state index contributed by atoms with van der Waals surface area (Å²) in [6, 6.07) is 10.6. The van der Waals surface area contributed by atoms with Crippen molar-refractivity contribution < 1.29 is 13.6 Å². The van der Waals surface area contributed by atoms with E-state index < -0.39 is 0 Å². The Balaban J connectivity index is 1.44. The second-order valence-corrected chi connectivity index (χ2v) is 6.39. The monoisotopic (exact) mass is 345 g/mol. The number of benzene rings is 1. The smallest absolute Gasteiger partial charge is 0.317 e. The van der Waals surface area contributed by atoms with Gasteiger partial charge < -0.3 is 19.5 Å². The van der Waals surface area contributed by atoms with Crippen LogP contribution < -0.4 is 10.2 Å². The highest BCUT2D eigenvalue weighted by molar-refractivity contribution is 5.74. The number of nitrogens with one attached hydrogen (secondary N) is 1. The Bertz CT molecular complexity index is 682. The average molecular weight is 345 g/mol. The lowest BCUT2D eigenvalue weighted by Crippen LogP contribution is -2.53. The number of carbonyl (C=O) groups excluding carboxylic acids is 1. The van der Waals surface area contributed by atoms with E-state index in [9.17, 15) is 9.18 Å². The first-order chi connectivity index (χ1) is 12.1. The molecule has 5 nitrogen and oxygen atoms in total. The summed E-state index contributed by atoms with van der Waals surface area (Å²) in [7, 11) is 0. The first-order valence-corrected chi connectivity index (χ1v) is 8.71. The second-order valence-electron chi connectivity index (χ2n) is 6.39. The van der Waals surface area contributed by atoms with Crippen molar-refractivity contribution in [3.63, 3.8) is 0 Å². The van der Waals surface area contributed by atoms with Crippen molar-refractivity contribution >= 4 is 11.7 Å². The van der Waals surface area contributed by atoms with E-state index in [4.69, 9.17) is 4.42 Å². The molecule has 1 aromatic heterocycles. The maximum absolute atomic E-state index is 13.9. The van der Waals surface area contributed by atoms with Crippen LogP contribution in [0.25, 0.3) is 0 Å². The summed E-state index contributed by atoms with van der Waals surface area (Å²) < 4.78 is 19.2. The van der Waals surface area contributed by atoms with Gasteiger partial charge in [0, 0.05) is 38.6 Å². The molecule has 6 heteroatoms. The van der Waals surface area contributed by atoms with Gasteiger partial charge in [-0.05, 0) is 37.6 Å². The summed E-state index contributed by atoms with van der Waals surface area (Å²) in [6.07, 6.45) is 3.29. The van der Waals surface area contributed by atoms with Crippen molar-refractivity contribution in [2.24, 2.45) is 0 Å². The van der Waals surface area contributed by atoms with Crippen molar-refractivity contribution in [3.05, 3.63) is 54.2 Å². The Hall–Kier alpha value is -2.50. The molecule has 25 heavy (non-hydrogen) atoms. The normalized spacial score (nSPS) is 15.9. The number of anilines is 1. The van der Waals surface area contributed by atoms with E-state index in [0.717, 1.165) is 18.6 Å². The van der Waals surface area contributed by atoms with Gasteiger partial charge in [0.05, 0.1) is 12.0 Å². The molecule has 1 aromatic carbocycles. The van der Waals surface area contributed by atoms with Crippen LogP contribution >= 0.6 is 0 Å². The van der Waals surface area contributed by atoms with E-state index in [1.807, 2.05) is 30.0 Å². The van der Waals surface area contributed by atoms with Gasteiger partial charge in [-0.3, -0.25) is 0 Å². The zero-order chi connectivity index (χ0) is 17.6.